The van der Waals surface area contributed by atoms with Crippen LogP contribution in [0.15, 0.2) is 219 Å². The first-order valence-corrected chi connectivity index (χ1v) is 31.9. The van der Waals surface area contributed by atoms with Crippen LogP contribution >= 0.6 is 22.6 Å². The fourth-order valence-corrected chi connectivity index (χ4v) is 10.0. The monoisotopic (exact) mass is 1570 g/mol. The number of pyridine rings is 5. The summed E-state index contributed by atoms with van der Waals surface area (Å²) in [7, 11) is 5.00. The fourth-order valence-electron chi connectivity index (χ4n) is 9.37. The smallest absolute Gasteiger partial charge is 0.338 e. The van der Waals surface area contributed by atoms with Crippen LogP contribution in [0.3, 0.4) is 0 Å². The van der Waals surface area contributed by atoms with Crippen LogP contribution in [0.2, 0.25) is 0 Å². The van der Waals surface area contributed by atoms with Crippen molar-refractivity contribution >= 4 is 69.5 Å². The van der Waals surface area contributed by atoms with Gasteiger partial charge in [0.15, 0.2) is 0 Å². The van der Waals surface area contributed by atoms with E-state index >= 15 is 0 Å². The maximum Gasteiger partial charge on any atom is 0.338 e. The largest absolute Gasteiger partial charge is 0.478 e. The molecule has 12 aromatic rings. The van der Waals surface area contributed by atoms with E-state index in [4.69, 9.17) is 10.5 Å². The molecule has 0 bridgehead atoms. The quantitative estimate of drug-likeness (QED) is 0.0248. The summed E-state index contributed by atoms with van der Waals surface area (Å²) in [5.41, 5.74) is 12.6. The number of esters is 4. The van der Waals surface area contributed by atoms with Crippen LogP contribution in [0.4, 0.5) is 17.1 Å². The van der Waals surface area contributed by atoms with E-state index in [0.717, 1.165) is 33.9 Å². The number of benzene rings is 5. The number of nitrogens with two attached hydrogens (primary N) is 1. The number of nitrogens with one attached hydrogen (secondary N) is 1. The Morgan fingerprint density at radius 3 is 1.09 bits per heavy atom. The summed E-state index contributed by atoms with van der Waals surface area (Å²) in [6.07, 6.45) is 10.8. The van der Waals surface area contributed by atoms with Gasteiger partial charge in [-0.15, -0.1) is 10.2 Å². The number of methoxy groups -OCH3 is 4. The van der Waals surface area contributed by atoms with E-state index in [1.54, 1.807) is 86.3 Å². The number of non-ortho nitro benzene ring substituents is 2. The standard InChI is InChI=1S/C15H13N5O3.C14H11N5O3.C14H12N2O5.C14H14N2O3.C8H6INO4.C6H7NO/c1-10-3-4-19(14(21)5-10)12-6-11(15(22)23-2)7-13(8-12)20-9-16-17-18-20;1-9-2-3-18(13(20)4-9)11-5-10(14(21)22)6-12(7-11)19-8-15-16-17-19;1-9-3-4-15(13(17)5-9)11-6-10(14(18)21-2)7-12(8-11)16(19)20;1-9-3-4-16(13(17)5-9)12-7-10(14(18)19-2)6-11(15)8-12;1-14-8(11)5-2-6(9)4-7(3-5)10(12)13;1-5-2-3-7-6(8)4-5/h3-9H,1-2H3;2-8H,1H3,(H,21,22);3-8H,1-2H3;3-8H,15H2,1-2H3;2-4H,1H3;2-4H,1H3,(H,7,8). The highest BCUT2D eigenvalue weighted by Crippen LogP contribution is 2.23. The van der Waals surface area contributed by atoms with Gasteiger partial charge in [-0.2, -0.15) is 0 Å². The molecule has 0 saturated carbocycles. The summed E-state index contributed by atoms with van der Waals surface area (Å²) in [6, 6.07) is 38.3. The lowest BCUT2D eigenvalue weighted by Crippen LogP contribution is -2.18. The highest BCUT2D eigenvalue weighted by molar-refractivity contribution is 14.1. The molecule has 0 fully saturated rings. The first-order valence-electron chi connectivity index (χ1n) is 30.8. The molecule has 0 spiro atoms. The molecular weight excluding hydrogens is 1510 g/mol. The van der Waals surface area contributed by atoms with E-state index in [1.807, 2.05) is 68.5 Å². The number of aryl methyl sites for hydroxylation is 5. The number of rotatable bonds is 13. The van der Waals surface area contributed by atoms with Crippen molar-refractivity contribution in [3.63, 3.8) is 0 Å². The van der Waals surface area contributed by atoms with E-state index in [-0.39, 0.29) is 61.5 Å². The van der Waals surface area contributed by atoms with Crippen molar-refractivity contribution < 1.29 is 57.9 Å². The van der Waals surface area contributed by atoms with Crippen molar-refractivity contribution in [3.05, 3.63) is 327 Å². The second-order valence-corrected chi connectivity index (χ2v) is 23.6. The van der Waals surface area contributed by atoms with Gasteiger partial charge in [0.2, 0.25) is 5.56 Å². The molecule has 548 valence electrons. The van der Waals surface area contributed by atoms with E-state index < -0.39 is 39.7 Å². The van der Waals surface area contributed by atoms with Crippen LogP contribution in [0.25, 0.3) is 34.1 Å². The van der Waals surface area contributed by atoms with Gasteiger partial charge in [-0.25, -0.2) is 33.3 Å². The lowest BCUT2D eigenvalue weighted by molar-refractivity contribution is -0.385. The molecule has 12 rings (SSSR count). The molecule has 0 aliphatic carbocycles. The Balaban J connectivity index is 0.000000183. The second-order valence-electron chi connectivity index (χ2n) is 22.4. The number of aromatic amines is 1. The van der Waals surface area contributed by atoms with E-state index in [2.05, 4.69) is 50.2 Å². The minimum absolute atomic E-state index is 0.00850. The van der Waals surface area contributed by atoms with Crippen molar-refractivity contribution in [2.75, 3.05) is 34.2 Å². The van der Waals surface area contributed by atoms with Crippen LogP contribution in [0.1, 0.15) is 79.6 Å². The number of nitro benzene ring substituents is 2. The molecule has 0 aliphatic rings. The Hall–Kier alpha value is -14.3. The van der Waals surface area contributed by atoms with Crippen LogP contribution < -0.4 is 33.5 Å². The minimum Gasteiger partial charge on any atom is -0.478 e. The molecule has 35 nitrogen and oxygen atoms in total. The van der Waals surface area contributed by atoms with Crippen LogP contribution in [-0.2, 0) is 18.9 Å². The van der Waals surface area contributed by atoms with Crippen molar-refractivity contribution in [1.29, 1.82) is 0 Å². The van der Waals surface area contributed by atoms with Gasteiger partial charge in [0, 0.05) is 94.8 Å². The van der Waals surface area contributed by atoms with Crippen molar-refractivity contribution in [2.45, 2.75) is 34.6 Å². The minimum atomic E-state index is -1.10. The predicted molar refractivity (Wildman–Crippen MR) is 394 cm³/mol. The Bertz CT molecular complexity index is 5620. The molecule has 0 unspecified atom stereocenters. The lowest BCUT2D eigenvalue weighted by Gasteiger charge is -2.10. The van der Waals surface area contributed by atoms with Crippen LogP contribution in [0, 0.1) is 58.4 Å². The number of nitro groups is 2. The number of carbonyl (C=O) groups excluding carboxylic acids is 4. The molecule has 36 heteroatoms. The maximum absolute atomic E-state index is 12.2. The van der Waals surface area contributed by atoms with Crippen LogP contribution in [-0.4, -0.2) is 137 Å². The van der Waals surface area contributed by atoms with E-state index in [1.165, 1.54) is 148 Å². The third kappa shape index (κ3) is 22.3. The molecule has 0 aliphatic heterocycles. The topological polar surface area (TPSA) is 463 Å². The molecule has 7 heterocycles. The first kappa shape index (κ1) is 80.0. The molecule has 7 aromatic heterocycles. The van der Waals surface area contributed by atoms with Gasteiger partial charge in [0.25, 0.3) is 33.6 Å². The highest BCUT2D eigenvalue weighted by Gasteiger charge is 2.19. The number of anilines is 1. The third-order valence-electron chi connectivity index (χ3n) is 14.5. The van der Waals surface area contributed by atoms with E-state index in [9.17, 15) is 73.3 Å². The molecule has 5 aromatic carbocycles. The molecule has 0 amide bonds. The third-order valence-corrected chi connectivity index (χ3v) is 15.1. The van der Waals surface area contributed by atoms with Gasteiger partial charge in [-0.3, -0.25) is 62.5 Å². The summed E-state index contributed by atoms with van der Waals surface area (Å²) >= 11 is 1.90. The number of carboxylic acids is 1. The number of nitrogens with zero attached hydrogens (tertiary/aromatic N) is 14. The Morgan fingerprint density at radius 2 is 0.757 bits per heavy atom. The predicted octanol–water partition coefficient (Wildman–Crippen LogP) is 7.75. The number of halogens is 1. The number of aromatic carboxylic acids is 1. The second kappa shape index (κ2) is 37.0. The highest BCUT2D eigenvalue weighted by atomic mass is 127. The Labute approximate surface area is 617 Å². The normalized spacial score (nSPS) is 10.2. The van der Waals surface area contributed by atoms with Gasteiger partial charge in [-0.05, 0) is 203 Å². The molecule has 4 N–H and O–H groups in total. The summed E-state index contributed by atoms with van der Waals surface area (Å²) in [6.45, 7) is 9.13. The number of aromatic nitrogens is 13. The number of H-pyrrole nitrogens is 1. The first-order chi connectivity index (χ1) is 50.9. The van der Waals surface area contributed by atoms with Crippen molar-refractivity contribution in [1.82, 2.24) is 63.7 Å². The van der Waals surface area contributed by atoms with Gasteiger partial charge in [0.05, 0.1) is 100 Å². The zero-order chi connectivity index (χ0) is 78.3. The Morgan fingerprint density at radius 1 is 0.430 bits per heavy atom. The van der Waals surface area contributed by atoms with Crippen molar-refractivity contribution in [3.8, 4) is 34.1 Å². The number of tetrazole rings is 2. The van der Waals surface area contributed by atoms with Crippen LogP contribution in [0.5, 0.6) is 0 Å². The van der Waals surface area contributed by atoms with E-state index in [0.29, 0.717) is 48.8 Å². The fraction of sp³-hybridized carbons (Fsp3) is 0.127. The average molecular weight is 1570 g/mol. The van der Waals surface area contributed by atoms with Gasteiger partial charge in [0.1, 0.15) is 12.7 Å². The summed E-state index contributed by atoms with van der Waals surface area (Å²) in [4.78, 5) is 139. The number of carbonyl (C=O) groups is 5. The summed E-state index contributed by atoms with van der Waals surface area (Å²) in [5, 5.41) is 52.4. The zero-order valence-electron chi connectivity index (χ0n) is 58.0. The average Bonchev–Trinajstić information content (AvgIpc) is 1.77. The molecular formula is C71H63IN16O19. The number of carboxylic acid groups (broad SMARTS) is 1. The molecule has 107 heavy (non-hydrogen) atoms. The summed E-state index contributed by atoms with van der Waals surface area (Å²) < 4.78 is 27.2. The van der Waals surface area contributed by atoms with Gasteiger partial charge < -0.3 is 34.8 Å². The number of hydrogen-bond acceptors (Lipinski definition) is 25. The maximum atomic E-state index is 12.2. The van der Waals surface area contributed by atoms with Gasteiger partial charge >= 0.3 is 29.8 Å². The molecule has 0 saturated heterocycles. The molecule has 0 radical (unpaired) electrons. The number of nitrogen functional groups attached to an aromatic ring is 1. The summed E-state index contributed by atoms with van der Waals surface area (Å²) in [5.74, 6) is -3.39. The molecule has 0 atom stereocenters. The number of hydrogen-bond donors (Lipinski definition) is 3. The SMILES string of the molecule is COC(=O)c1cc(-n2ccc(C)cc2=O)cc([N+](=O)[O-])c1.COC(=O)c1cc(-n2cnnn2)cc(-n2ccc(C)cc2=O)c1.COC(=O)c1cc(I)cc([N+](=O)[O-])c1.COC(=O)c1cc(N)cc(-n2ccc(C)cc2=O)c1.Cc1cc[nH]c(=O)c1.Cc1ccn(-c2cc(C(=O)O)cc(-n3cnnn3)c2)c(=O)c1. The number of ether oxygens (including phenoxy) is 4. The van der Waals surface area contributed by atoms with Crippen molar-refractivity contribution in [2.24, 2.45) is 0 Å². The zero-order valence-corrected chi connectivity index (χ0v) is 60.1. The Kier molecular flexibility index (Phi) is 27.7. The lowest BCUT2D eigenvalue weighted by atomic mass is 10.1. The van der Waals surface area contributed by atoms with Gasteiger partial charge in [-0.1, -0.05) is 0 Å².